The normalized spacial score (nSPS) is 11.5. The van der Waals surface area contributed by atoms with Gasteiger partial charge < -0.3 is 5.32 Å². The van der Waals surface area contributed by atoms with Gasteiger partial charge in [-0.3, -0.25) is 14.8 Å². The number of alkyl halides is 3. The first-order valence-corrected chi connectivity index (χ1v) is 7.09. The Hall–Kier alpha value is -2.96. The van der Waals surface area contributed by atoms with Gasteiger partial charge in [-0.15, -0.1) is 0 Å². The van der Waals surface area contributed by atoms with Crippen molar-refractivity contribution in [1.29, 1.82) is 0 Å². The van der Waals surface area contributed by atoms with Crippen molar-refractivity contribution >= 4 is 16.8 Å². The second-order valence-corrected chi connectivity index (χ2v) is 5.10. The predicted octanol–water partition coefficient (Wildman–Crippen LogP) is 3.58. The van der Waals surface area contributed by atoms with Crippen LogP contribution in [0.25, 0.3) is 10.9 Å². The molecule has 1 aromatic carbocycles. The molecular formula is C17H12F3N3O. The summed E-state index contributed by atoms with van der Waals surface area (Å²) in [4.78, 5) is 20.1. The molecule has 1 N–H and O–H groups in total. The fourth-order valence-corrected chi connectivity index (χ4v) is 2.40. The highest BCUT2D eigenvalue weighted by Crippen LogP contribution is 2.36. The van der Waals surface area contributed by atoms with Crippen LogP contribution in [0.1, 0.15) is 21.5 Å². The largest absolute Gasteiger partial charge is 0.417 e. The van der Waals surface area contributed by atoms with Crippen LogP contribution in [-0.4, -0.2) is 15.9 Å². The predicted molar refractivity (Wildman–Crippen MR) is 82.2 cm³/mol. The molecule has 24 heavy (non-hydrogen) atoms. The summed E-state index contributed by atoms with van der Waals surface area (Å²) in [7, 11) is 0. The molecule has 0 unspecified atom stereocenters. The minimum absolute atomic E-state index is 0.0958. The van der Waals surface area contributed by atoms with E-state index in [9.17, 15) is 18.0 Å². The smallest absolute Gasteiger partial charge is 0.348 e. The van der Waals surface area contributed by atoms with Gasteiger partial charge in [-0.1, -0.05) is 18.2 Å². The van der Waals surface area contributed by atoms with Crippen LogP contribution < -0.4 is 5.32 Å². The van der Waals surface area contributed by atoms with Crippen LogP contribution in [-0.2, 0) is 12.7 Å². The molecule has 3 aromatic rings. The number of amides is 1. The van der Waals surface area contributed by atoms with Crippen molar-refractivity contribution in [2.24, 2.45) is 0 Å². The number of aromatic nitrogens is 2. The number of benzene rings is 1. The summed E-state index contributed by atoms with van der Waals surface area (Å²) >= 11 is 0. The maximum absolute atomic E-state index is 13.5. The molecule has 0 aliphatic heterocycles. The zero-order valence-corrected chi connectivity index (χ0v) is 12.3. The van der Waals surface area contributed by atoms with Crippen LogP contribution in [0.2, 0.25) is 0 Å². The maximum Gasteiger partial charge on any atom is 0.417 e. The number of pyridine rings is 2. The fraction of sp³-hybridized carbons (Fsp3) is 0.118. The molecule has 0 aliphatic carbocycles. The lowest BCUT2D eigenvalue weighted by atomic mass is 10.0. The van der Waals surface area contributed by atoms with Crippen LogP contribution in [0.4, 0.5) is 13.2 Å². The van der Waals surface area contributed by atoms with Crippen LogP contribution in [0.5, 0.6) is 0 Å². The maximum atomic E-state index is 13.5. The summed E-state index contributed by atoms with van der Waals surface area (Å²) in [6.45, 7) is 0.103. The summed E-state index contributed by atoms with van der Waals surface area (Å²) in [5.74, 6) is -0.822. The lowest BCUT2D eigenvalue weighted by Gasteiger charge is -2.15. The van der Waals surface area contributed by atoms with Gasteiger partial charge in [-0.25, -0.2) is 0 Å². The van der Waals surface area contributed by atoms with E-state index >= 15 is 0 Å². The molecule has 0 aliphatic rings. The van der Waals surface area contributed by atoms with Crippen molar-refractivity contribution < 1.29 is 18.0 Å². The van der Waals surface area contributed by atoms with E-state index in [4.69, 9.17) is 0 Å². The van der Waals surface area contributed by atoms with Crippen LogP contribution in [0.3, 0.4) is 0 Å². The number of hydrogen-bond donors (Lipinski definition) is 1. The second-order valence-electron chi connectivity index (χ2n) is 5.10. The highest BCUT2D eigenvalue weighted by molar-refractivity contribution is 6.00. The van der Waals surface area contributed by atoms with E-state index in [1.54, 1.807) is 30.6 Å². The number of nitrogens with zero attached hydrogens (tertiary/aromatic N) is 2. The molecular weight excluding hydrogens is 319 g/mol. The van der Waals surface area contributed by atoms with E-state index in [-0.39, 0.29) is 17.4 Å². The summed E-state index contributed by atoms with van der Waals surface area (Å²) in [5.41, 5.74) is -0.535. The van der Waals surface area contributed by atoms with Crippen molar-refractivity contribution in [2.45, 2.75) is 12.7 Å². The molecule has 0 fully saturated rings. The average Bonchev–Trinajstić information content (AvgIpc) is 2.58. The molecule has 4 nitrogen and oxygen atoms in total. The molecule has 2 aromatic heterocycles. The first-order chi connectivity index (χ1) is 11.5. The topological polar surface area (TPSA) is 54.9 Å². The van der Waals surface area contributed by atoms with E-state index in [0.29, 0.717) is 0 Å². The Kier molecular flexibility index (Phi) is 4.16. The van der Waals surface area contributed by atoms with E-state index in [0.717, 1.165) is 11.8 Å². The Balaban J connectivity index is 1.98. The van der Waals surface area contributed by atoms with E-state index < -0.39 is 23.2 Å². The van der Waals surface area contributed by atoms with Gasteiger partial charge in [0.1, 0.15) is 0 Å². The number of halogens is 3. The van der Waals surface area contributed by atoms with Crippen LogP contribution in [0, 0.1) is 0 Å². The minimum Gasteiger partial charge on any atom is -0.348 e. The highest BCUT2D eigenvalue weighted by Gasteiger charge is 2.37. The van der Waals surface area contributed by atoms with E-state index in [1.165, 1.54) is 18.2 Å². The summed E-state index contributed by atoms with van der Waals surface area (Å²) < 4.78 is 40.5. The first kappa shape index (κ1) is 15.9. The number of fused-ring (bicyclic) bond motifs is 1. The van der Waals surface area contributed by atoms with Gasteiger partial charge in [0.25, 0.3) is 5.91 Å². The van der Waals surface area contributed by atoms with Gasteiger partial charge in [-0.2, -0.15) is 13.2 Å². The molecule has 0 radical (unpaired) electrons. The van der Waals surface area contributed by atoms with Gasteiger partial charge in [0.2, 0.25) is 0 Å². The third kappa shape index (κ3) is 3.19. The molecule has 0 spiro atoms. The Morgan fingerprint density at radius 1 is 1.08 bits per heavy atom. The number of para-hydroxylation sites is 1. The van der Waals surface area contributed by atoms with Gasteiger partial charge in [0.15, 0.2) is 0 Å². The quantitative estimate of drug-likeness (QED) is 0.798. The minimum atomic E-state index is -4.66. The van der Waals surface area contributed by atoms with Crippen molar-refractivity contribution in [2.75, 3.05) is 0 Å². The molecule has 1 amide bonds. The summed E-state index contributed by atoms with van der Waals surface area (Å²) in [5, 5.41) is 2.39. The second kappa shape index (κ2) is 6.27. The zero-order chi connectivity index (χ0) is 17.2. The van der Waals surface area contributed by atoms with Gasteiger partial charge >= 0.3 is 6.18 Å². The Morgan fingerprint density at radius 2 is 1.79 bits per heavy atom. The van der Waals surface area contributed by atoms with Crippen molar-refractivity contribution in [3.8, 4) is 0 Å². The lowest BCUT2D eigenvalue weighted by molar-refractivity contribution is -0.136. The lowest BCUT2D eigenvalue weighted by Crippen LogP contribution is -2.26. The highest BCUT2D eigenvalue weighted by atomic mass is 19.4. The van der Waals surface area contributed by atoms with Gasteiger partial charge in [0.05, 0.1) is 16.6 Å². The number of carbonyl (C=O) groups excluding carboxylic acids is 1. The molecule has 122 valence electrons. The van der Waals surface area contributed by atoms with Crippen molar-refractivity contribution in [3.05, 3.63) is 71.7 Å². The SMILES string of the molecule is O=C(NCc1ccncc1)c1cnc2ccccc2c1C(F)(F)F. The fourth-order valence-electron chi connectivity index (χ4n) is 2.40. The monoisotopic (exact) mass is 331 g/mol. The molecule has 0 saturated heterocycles. The molecule has 7 heteroatoms. The van der Waals surface area contributed by atoms with Gasteiger partial charge in [-0.05, 0) is 23.8 Å². The number of hydrogen-bond acceptors (Lipinski definition) is 3. The third-order valence-electron chi connectivity index (χ3n) is 3.51. The summed E-state index contributed by atoms with van der Waals surface area (Å²) in [6, 6.07) is 9.21. The van der Waals surface area contributed by atoms with Crippen LogP contribution in [0.15, 0.2) is 55.0 Å². The van der Waals surface area contributed by atoms with E-state index in [2.05, 4.69) is 15.3 Å². The van der Waals surface area contributed by atoms with E-state index in [1.807, 2.05) is 0 Å². The zero-order valence-electron chi connectivity index (χ0n) is 12.3. The van der Waals surface area contributed by atoms with Crippen molar-refractivity contribution in [1.82, 2.24) is 15.3 Å². The number of carbonyl (C=O) groups is 1. The standard InChI is InChI=1S/C17H12F3N3O/c18-17(19,20)15-12-3-1-2-4-14(12)22-10-13(15)16(24)23-9-11-5-7-21-8-6-11/h1-8,10H,9H2,(H,23,24). The van der Waals surface area contributed by atoms with Crippen molar-refractivity contribution in [3.63, 3.8) is 0 Å². The molecule has 0 atom stereocenters. The Morgan fingerprint density at radius 3 is 2.50 bits per heavy atom. The number of rotatable bonds is 3. The van der Waals surface area contributed by atoms with Crippen LogP contribution >= 0.6 is 0 Å². The Labute approximate surface area is 135 Å². The third-order valence-corrected chi connectivity index (χ3v) is 3.51. The Bertz CT molecular complexity index is 879. The number of nitrogens with one attached hydrogen (secondary N) is 1. The molecule has 2 heterocycles. The average molecular weight is 331 g/mol. The first-order valence-electron chi connectivity index (χ1n) is 7.09. The molecule has 0 bridgehead atoms. The van der Waals surface area contributed by atoms with Gasteiger partial charge in [0, 0.05) is 30.5 Å². The molecule has 0 saturated carbocycles. The summed E-state index contributed by atoms with van der Waals surface area (Å²) in [6.07, 6.45) is -0.612. The molecule has 3 rings (SSSR count).